The zero-order valence-electron chi connectivity index (χ0n) is 13.0. The van der Waals surface area contributed by atoms with E-state index in [-0.39, 0.29) is 0 Å². The Bertz CT molecular complexity index is 600. The molecule has 1 N–H and O–H groups in total. The van der Waals surface area contributed by atoms with Crippen LogP contribution < -0.4 is 5.32 Å². The Morgan fingerprint density at radius 1 is 1.29 bits per heavy atom. The van der Waals surface area contributed by atoms with Crippen molar-refractivity contribution in [3.05, 3.63) is 18.1 Å². The fourth-order valence-corrected chi connectivity index (χ4v) is 2.75. The predicted molar refractivity (Wildman–Crippen MR) is 82.5 cm³/mol. The third-order valence-corrected chi connectivity index (χ3v) is 3.90. The predicted octanol–water partition coefficient (Wildman–Crippen LogP) is 0.481. The van der Waals surface area contributed by atoms with Gasteiger partial charge in [0.1, 0.15) is 12.1 Å². The van der Waals surface area contributed by atoms with Crippen molar-refractivity contribution in [1.82, 2.24) is 29.4 Å². The average molecular weight is 289 g/mol. The molecule has 0 spiro atoms. The minimum absolute atomic E-state index is 0.350. The molecule has 0 radical (unpaired) electrons. The first kappa shape index (κ1) is 14.2. The van der Waals surface area contributed by atoms with Crippen LogP contribution in [0.4, 0.5) is 5.82 Å². The van der Waals surface area contributed by atoms with E-state index in [0.29, 0.717) is 11.8 Å². The third kappa shape index (κ3) is 3.30. The van der Waals surface area contributed by atoms with Crippen molar-refractivity contribution in [2.24, 2.45) is 0 Å². The second-order valence-corrected chi connectivity index (χ2v) is 5.90. The Labute approximate surface area is 125 Å². The molecule has 0 amide bonds. The summed E-state index contributed by atoms with van der Waals surface area (Å²) >= 11 is 0. The Morgan fingerprint density at radius 2 is 2.05 bits per heavy atom. The van der Waals surface area contributed by atoms with Gasteiger partial charge in [-0.05, 0) is 20.9 Å². The van der Waals surface area contributed by atoms with Gasteiger partial charge in [0.2, 0.25) is 0 Å². The molecule has 1 unspecified atom stereocenters. The Kier molecular flexibility index (Phi) is 4.03. The summed E-state index contributed by atoms with van der Waals surface area (Å²) in [5.41, 5.74) is 0.949. The van der Waals surface area contributed by atoms with Gasteiger partial charge in [0.15, 0.2) is 0 Å². The van der Waals surface area contributed by atoms with Gasteiger partial charge in [0.05, 0.1) is 0 Å². The van der Waals surface area contributed by atoms with E-state index in [9.17, 15) is 0 Å². The second-order valence-electron chi connectivity index (χ2n) is 5.90. The summed E-state index contributed by atoms with van der Waals surface area (Å²) in [5.74, 6) is 1.60. The molecular weight excluding hydrogens is 266 g/mol. The number of hydrogen-bond donors (Lipinski definition) is 1. The highest BCUT2D eigenvalue weighted by atomic mass is 15.4. The lowest BCUT2D eigenvalue weighted by Gasteiger charge is -2.34. The molecule has 1 fully saturated rings. The van der Waals surface area contributed by atoms with Gasteiger partial charge in [-0.3, -0.25) is 4.90 Å². The van der Waals surface area contributed by atoms with E-state index in [1.165, 1.54) is 6.33 Å². The van der Waals surface area contributed by atoms with Crippen LogP contribution in [0.1, 0.15) is 12.6 Å². The van der Waals surface area contributed by atoms with Gasteiger partial charge in [0.25, 0.3) is 5.78 Å². The van der Waals surface area contributed by atoms with Gasteiger partial charge in [-0.1, -0.05) is 0 Å². The molecule has 114 valence electrons. The molecule has 1 aliphatic rings. The van der Waals surface area contributed by atoms with Crippen LogP contribution in [0.5, 0.6) is 0 Å². The highest BCUT2D eigenvalue weighted by Crippen LogP contribution is 2.12. The first-order valence-electron chi connectivity index (χ1n) is 7.46. The summed E-state index contributed by atoms with van der Waals surface area (Å²) in [6.45, 7) is 9.78. The number of piperazine rings is 1. The number of aryl methyl sites for hydroxylation is 1. The lowest BCUT2D eigenvalue weighted by atomic mass is 10.2. The van der Waals surface area contributed by atoms with Gasteiger partial charge in [-0.15, -0.1) is 0 Å². The van der Waals surface area contributed by atoms with Crippen LogP contribution >= 0.6 is 0 Å². The summed E-state index contributed by atoms with van der Waals surface area (Å²) in [7, 11) is 2.18. The quantitative estimate of drug-likeness (QED) is 0.883. The molecule has 0 saturated carbocycles. The fourth-order valence-electron chi connectivity index (χ4n) is 2.75. The highest BCUT2D eigenvalue weighted by Gasteiger charge is 2.16. The topological polar surface area (TPSA) is 61.6 Å². The molecular formula is C14H23N7. The molecule has 7 nitrogen and oxygen atoms in total. The van der Waals surface area contributed by atoms with Crippen LogP contribution in [0.3, 0.4) is 0 Å². The van der Waals surface area contributed by atoms with Crippen LogP contribution in [0.15, 0.2) is 12.4 Å². The van der Waals surface area contributed by atoms with Crippen molar-refractivity contribution in [2.45, 2.75) is 19.9 Å². The molecule has 0 bridgehead atoms. The lowest BCUT2D eigenvalue weighted by Crippen LogP contribution is -2.47. The standard InChI is InChI=1S/C14H23N7/c1-11-8-13(21-14(18-11)15-10-16-21)17-12(2)9-20-6-4-19(3)5-7-20/h8,10,12,17H,4-7,9H2,1-3H3. The Morgan fingerprint density at radius 3 is 2.81 bits per heavy atom. The molecule has 1 saturated heterocycles. The van der Waals surface area contributed by atoms with E-state index in [2.05, 4.69) is 44.2 Å². The molecule has 21 heavy (non-hydrogen) atoms. The van der Waals surface area contributed by atoms with E-state index in [4.69, 9.17) is 0 Å². The summed E-state index contributed by atoms with van der Waals surface area (Å²) in [6, 6.07) is 2.37. The number of fused-ring (bicyclic) bond motifs is 1. The van der Waals surface area contributed by atoms with E-state index in [1.54, 1.807) is 4.52 Å². The number of aromatic nitrogens is 4. The first-order chi connectivity index (χ1) is 10.1. The van der Waals surface area contributed by atoms with Gasteiger partial charge < -0.3 is 10.2 Å². The van der Waals surface area contributed by atoms with E-state index in [0.717, 1.165) is 44.2 Å². The largest absolute Gasteiger partial charge is 0.366 e. The summed E-state index contributed by atoms with van der Waals surface area (Å²) in [4.78, 5) is 13.4. The molecule has 2 aromatic rings. The SMILES string of the molecule is Cc1cc(NC(C)CN2CCN(C)CC2)n2ncnc2n1. The van der Waals surface area contributed by atoms with Crippen molar-refractivity contribution < 1.29 is 0 Å². The zero-order chi connectivity index (χ0) is 14.8. The molecule has 3 heterocycles. The van der Waals surface area contributed by atoms with Crippen LogP contribution in [-0.2, 0) is 0 Å². The maximum absolute atomic E-state index is 4.36. The monoisotopic (exact) mass is 289 g/mol. The normalized spacial score (nSPS) is 19.0. The molecule has 0 aromatic carbocycles. The van der Waals surface area contributed by atoms with Crippen molar-refractivity contribution in [2.75, 3.05) is 45.1 Å². The van der Waals surface area contributed by atoms with Crippen LogP contribution in [0.2, 0.25) is 0 Å². The third-order valence-electron chi connectivity index (χ3n) is 3.90. The van der Waals surface area contributed by atoms with E-state index >= 15 is 0 Å². The number of anilines is 1. The smallest absolute Gasteiger partial charge is 0.254 e. The molecule has 1 atom stereocenters. The molecule has 3 rings (SSSR count). The van der Waals surface area contributed by atoms with Crippen molar-refractivity contribution in [3.8, 4) is 0 Å². The Hall–Kier alpha value is -1.73. The second kappa shape index (κ2) is 5.95. The number of hydrogen-bond acceptors (Lipinski definition) is 6. The van der Waals surface area contributed by atoms with Gasteiger partial charge >= 0.3 is 0 Å². The number of nitrogens with one attached hydrogen (secondary N) is 1. The number of rotatable bonds is 4. The van der Waals surface area contributed by atoms with Gasteiger partial charge in [-0.25, -0.2) is 4.98 Å². The molecule has 2 aromatic heterocycles. The van der Waals surface area contributed by atoms with Crippen LogP contribution in [0, 0.1) is 6.92 Å². The van der Waals surface area contributed by atoms with Crippen molar-refractivity contribution in [3.63, 3.8) is 0 Å². The molecule has 7 heteroatoms. The summed E-state index contributed by atoms with van der Waals surface area (Å²) < 4.78 is 1.76. The maximum Gasteiger partial charge on any atom is 0.254 e. The molecule has 1 aliphatic heterocycles. The van der Waals surface area contributed by atoms with Crippen LogP contribution in [-0.4, -0.2) is 75.2 Å². The zero-order valence-corrected chi connectivity index (χ0v) is 13.0. The summed E-state index contributed by atoms with van der Waals surface area (Å²) in [6.07, 6.45) is 1.54. The van der Waals surface area contributed by atoms with Gasteiger partial charge in [-0.2, -0.15) is 14.6 Å². The minimum atomic E-state index is 0.350. The number of nitrogens with zero attached hydrogens (tertiary/aromatic N) is 6. The van der Waals surface area contributed by atoms with E-state index in [1.807, 2.05) is 13.0 Å². The van der Waals surface area contributed by atoms with Crippen LogP contribution in [0.25, 0.3) is 5.78 Å². The molecule has 0 aliphatic carbocycles. The lowest BCUT2D eigenvalue weighted by molar-refractivity contribution is 0.151. The summed E-state index contributed by atoms with van der Waals surface area (Å²) in [5, 5.41) is 7.77. The Balaban J connectivity index is 1.66. The fraction of sp³-hybridized carbons (Fsp3) is 0.643. The average Bonchev–Trinajstić information content (AvgIpc) is 2.89. The van der Waals surface area contributed by atoms with E-state index < -0.39 is 0 Å². The minimum Gasteiger partial charge on any atom is -0.366 e. The maximum atomic E-state index is 4.36. The first-order valence-corrected chi connectivity index (χ1v) is 7.46. The van der Waals surface area contributed by atoms with Crippen molar-refractivity contribution >= 4 is 11.6 Å². The van der Waals surface area contributed by atoms with Gasteiger partial charge in [0, 0.05) is 50.5 Å². The highest BCUT2D eigenvalue weighted by molar-refractivity contribution is 5.45. The van der Waals surface area contributed by atoms with Crippen molar-refractivity contribution in [1.29, 1.82) is 0 Å². The number of likely N-dealkylation sites (N-methyl/N-ethyl adjacent to an activating group) is 1.